The summed E-state index contributed by atoms with van der Waals surface area (Å²) in [5, 5.41) is 0.808. The van der Waals surface area contributed by atoms with E-state index in [9.17, 15) is 0 Å². The number of halogens is 2. The molecule has 1 fully saturated rings. The molecule has 0 saturated carbocycles. The molecule has 7 heteroatoms. The predicted octanol–water partition coefficient (Wildman–Crippen LogP) is 4.67. The van der Waals surface area contributed by atoms with Crippen LogP contribution in [0.3, 0.4) is 0 Å². The maximum absolute atomic E-state index is 6.34. The lowest BCUT2D eigenvalue weighted by Gasteiger charge is -2.36. The van der Waals surface area contributed by atoms with Crippen LogP contribution < -0.4 is 15.4 Å². The fourth-order valence-electron chi connectivity index (χ4n) is 2.94. The molecule has 1 saturated heterocycles. The number of hydrogen-bond acceptors (Lipinski definition) is 5. The van der Waals surface area contributed by atoms with Crippen molar-refractivity contribution in [3.05, 3.63) is 28.4 Å². The number of anilines is 2. The maximum atomic E-state index is 6.34. The van der Waals surface area contributed by atoms with Crippen molar-refractivity contribution in [3.8, 4) is 16.9 Å². The first-order valence-corrected chi connectivity index (χ1v) is 8.97. The average Bonchev–Trinajstić information content (AvgIpc) is 2.57. The number of nitrogens with two attached hydrogens (primary N) is 1. The highest BCUT2D eigenvalue weighted by atomic mass is 35.5. The smallest absolute Gasteiger partial charge is 0.227 e. The average molecular weight is 381 g/mol. The number of aromatic nitrogens is 2. The second kappa shape index (κ2) is 6.89. The topological polar surface area (TPSA) is 64.3 Å². The van der Waals surface area contributed by atoms with E-state index in [1.54, 1.807) is 25.4 Å². The molecule has 0 aliphatic carbocycles. The van der Waals surface area contributed by atoms with Crippen LogP contribution in [0.25, 0.3) is 11.1 Å². The Morgan fingerprint density at radius 2 is 1.84 bits per heavy atom. The number of benzene rings is 1. The summed E-state index contributed by atoms with van der Waals surface area (Å²) in [5.74, 6) is 1.63. The predicted molar refractivity (Wildman–Crippen MR) is 104 cm³/mol. The van der Waals surface area contributed by atoms with Crippen molar-refractivity contribution in [2.24, 2.45) is 5.41 Å². The fraction of sp³-hybridized carbons (Fsp3) is 0.444. The lowest BCUT2D eigenvalue weighted by molar-refractivity contribution is 0.278. The van der Waals surface area contributed by atoms with Gasteiger partial charge < -0.3 is 15.4 Å². The van der Waals surface area contributed by atoms with Crippen molar-refractivity contribution >= 4 is 35.0 Å². The summed E-state index contributed by atoms with van der Waals surface area (Å²) in [5.41, 5.74) is 7.88. The van der Waals surface area contributed by atoms with Gasteiger partial charge in [0.05, 0.1) is 17.2 Å². The summed E-state index contributed by atoms with van der Waals surface area (Å²) in [6.45, 7) is 6.43. The molecule has 1 aliphatic heterocycles. The molecule has 1 aliphatic rings. The molecule has 3 rings (SSSR count). The number of piperidine rings is 1. The second-order valence-electron chi connectivity index (χ2n) is 7.09. The highest BCUT2D eigenvalue weighted by Gasteiger charge is 2.27. The van der Waals surface area contributed by atoms with Gasteiger partial charge in [0.1, 0.15) is 11.6 Å². The minimum Gasteiger partial charge on any atom is -0.497 e. The van der Waals surface area contributed by atoms with Gasteiger partial charge >= 0.3 is 0 Å². The molecule has 0 bridgehead atoms. The second-order valence-corrected chi connectivity index (χ2v) is 7.88. The van der Waals surface area contributed by atoms with E-state index in [1.807, 2.05) is 0 Å². The van der Waals surface area contributed by atoms with Gasteiger partial charge in [-0.15, -0.1) is 0 Å². The zero-order valence-electron chi connectivity index (χ0n) is 14.6. The van der Waals surface area contributed by atoms with E-state index in [4.69, 9.17) is 33.7 Å². The van der Waals surface area contributed by atoms with Gasteiger partial charge in [0.15, 0.2) is 0 Å². The fourth-order valence-corrected chi connectivity index (χ4v) is 3.36. The van der Waals surface area contributed by atoms with Crippen molar-refractivity contribution in [2.75, 3.05) is 30.8 Å². The number of ether oxygens (including phenoxy) is 1. The van der Waals surface area contributed by atoms with Gasteiger partial charge in [-0.2, -0.15) is 4.98 Å². The third-order valence-electron chi connectivity index (χ3n) is 4.73. The molecule has 2 N–H and O–H groups in total. The first kappa shape index (κ1) is 18.1. The van der Waals surface area contributed by atoms with Crippen LogP contribution in [0.1, 0.15) is 26.7 Å². The summed E-state index contributed by atoms with van der Waals surface area (Å²) in [7, 11) is 1.57. The number of methoxy groups -OCH3 is 1. The first-order chi connectivity index (χ1) is 11.8. The largest absolute Gasteiger partial charge is 0.497 e. The molecule has 25 heavy (non-hydrogen) atoms. The summed E-state index contributed by atoms with van der Waals surface area (Å²) in [6.07, 6.45) is 3.92. The molecule has 0 unspecified atom stereocenters. The molecule has 1 aromatic carbocycles. The molecule has 1 aromatic heterocycles. The van der Waals surface area contributed by atoms with Crippen LogP contribution in [0, 0.1) is 5.41 Å². The van der Waals surface area contributed by atoms with E-state index >= 15 is 0 Å². The van der Waals surface area contributed by atoms with Gasteiger partial charge in [-0.25, -0.2) is 4.98 Å². The minimum atomic E-state index is 0.368. The van der Waals surface area contributed by atoms with E-state index in [1.165, 1.54) is 0 Å². The van der Waals surface area contributed by atoms with E-state index < -0.39 is 0 Å². The van der Waals surface area contributed by atoms with Gasteiger partial charge in [-0.3, -0.25) is 0 Å². The third kappa shape index (κ3) is 3.77. The Hall–Kier alpha value is -1.72. The van der Waals surface area contributed by atoms with Crippen molar-refractivity contribution in [2.45, 2.75) is 26.7 Å². The van der Waals surface area contributed by atoms with Crippen molar-refractivity contribution < 1.29 is 4.74 Å². The Labute approximate surface area is 158 Å². The van der Waals surface area contributed by atoms with Gasteiger partial charge in [0.2, 0.25) is 5.95 Å². The number of rotatable bonds is 3. The van der Waals surface area contributed by atoms with Crippen molar-refractivity contribution in [1.82, 2.24) is 9.97 Å². The maximum Gasteiger partial charge on any atom is 0.227 e. The summed E-state index contributed by atoms with van der Waals surface area (Å²) < 4.78 is 5.26. The van der Waals surface area contributed by atoms with Crippen LogP contribution >= 0.6 is 23.2 Å². The molecule has 0 radical (unpaired) electrons. The Morgan fingerprint density at radius 3 is 2.44 bits per heavy atom. The molecule has 134 valence electrons. The normalized spacial score (nSPS) is 16.8. The standard InChI is InChI=1S/C18H22Cl2N4O/c1-18(2)4-6-24(7-5-18)17-22-10-13(16(21)23-17)12-8-11(25-3)9-14(19)15(12)20/h8-10H,4-7H2,1-3H3,(H2,21,22,23). The highest BCUT2D eigenvalue weighted by molar-refractivity contribution is 6.44. The molecule has 2 aromatic rings. The van der Waals surface area contributed by atoms with Gasteiger partial charge in [-0.05, 0) is 24.3 Å². The molecular formula is C18H22Cl2N4O. The van der Waals surface area contributed by atoms with Crippen LogP contribution in [-0.4, -0.2) is 30.2 Å². The van der Waals surface area contributed by atoms with E-state index in [0.717, 1.165) is 25.9 Å². The molecule has 0 atom stereocenters. The zero-order valence-corrected chi connectivity index (χ0v) is 16.2. The van der Waals surface area contributed by atoms with Crippen LogP contribution in [0.5, 0.6) is 5.75 Å². The van der Waals surface area contributed by atoms with Gasteiger partial charge in [0, 0.05) is 36.5 Å². The lowest BCUT2D eigenvalue weighted by Crippen LogP contribution is -2.38. The molecule has 0 amide bonds. The summed E-state index contributed by atoms with van der Waals surface area (Å²) in [4.78, 5) is 11.2. The van der Waals surface area contributed by atoms with E-state index in [-0.39, 0.29) is 0 Å². The molecular weight excluding hydrogens is 359 g/mol. The Bertz CT molecular complexity index is 785. The van der Waals surface area contributed by atoms with Crippen molar-refractivity contribution in [1.29, 1.82) is 0 Å². The molecule has 0 spiro atoms. The van der Waals surface area contributed by atoms with Crippen LogP contribution in [0.2, 0.25) is 10.0 Å². The third-order valence-corrected chi connectivity index (χ3v) is 5.53. The summed E-state index contributed by atoms with van der Waals surface area (Å²) >= 11 is 12.5. The number of hydrogen-bond donors (Lipinski definition) is 1. The molecule has 2 heterocycles. The van der Waals surface area contributed by atoms with Gasteiger partial charge in [0.25, 0.3) is 0 Å². The zero-order chi connectivity index (χ0) is 18.2. The Morgan fingerprint density at radius 1 is 1.16 bits per heavy atom. The van der Waals surface area contributed by atoms with Crippen LogP contribution in [0.4, 0.5) is 11.8 Å². The van der Waals surface area contributed by atoms with Crippen LogP contribution in [-0.2, 0) is 0 Å². The lowest BCUT2D eigenvalue weighted by atomic mass is 9.83. The van der Waals surface area contributed by atoms with E-state index in [0.29, 0.717) is 44.1 Å². The highest BCUT2D eigenvalue weighted by Crippen LogP contribution is 2.39. The van der Waals surface area contributed by atoms with Crippen molar-refractivity contribution in [3.63, 3.8) is 0 Å². The molecule has 5 nitrogen and oxygen atoms in total. The number of nitrogen functional groups attached to an aromatic ring is 1. The summed E-state index contributed by atoms with van der Waals surface area (Å²) in [6, 6.07) is 3.45. The SMILES string of the molecule is COc1cc(Cl)c(Cl)c(-c2cnc(N3CCC(C)(C)CC3)nc2N)c1. The minimum absolute atomic E-state index is 0.368. The van der Waals surface area contributed by atoms with E-state index in [2.05, 4.69) is 28.7 Å². The first-order valence-electron chi connectivity index (χ1n) is 8.21. The van der Waals surface area contributed by atoms with Crippen LogP contribution in [0.15, 0.2) is 18.3 Å². The Kier molecular flexibility index (Phi) is 4.98. The monoisotopic (exact) mass is 380 g/mol. The number of nitrogens with zero attached hydrogens (tertiary/aromatic N) is 3. The quantitative estimate of drug-likeness (QED) is 0.837. The van der Waals surface area contributed by atoms with Gasteiger partial charge in [-0.1, -0.05) is 37.0 Å². The Balaban J connectivity index is 1.92.